The summed E-state index contributed by atoms with van der Waals surface area (Å²) in [5.74, 6) is -0.939. The molecule has 0 aromatic heterocycles. The second kappa shape index (κ2) is 6.18. The number of hydrogen-bond donors (Lipinski definition) is 2. The van der Waals surface area contributed by atoms with Gasteiger partial charge in [0.05, 0.1) is 0 Å². The van der Waals surface area contributed by atoms with Crippen LogP contribution in [0.25, 0.3) is 0 Å². The molecule has 0 unspecified atom stereocenters. The van der Waals surface area contributed by atoms with Crippen molar-refractivity contribution in [2.75, 3.05) is 13.1 Å². The van der Waals surface area contributed by atoms with Gasteiger partial charge in [-0.25, -0.2) is 4.79 Å². The van der Waals surface area contributed by atoms with Crippen LogP contribution >= 0.6 is 0 Å². The van der Waals surface area contributed by atoms with Crippen LogP contribution in [0, 0.1) is 0 Å². The summed E-state index contributed by atoms with van der Waals surface area (Å²) < 4.78 is 0. The zero-order valence-electron chi connectivity index (χ0n) is 11.5. The van der Waals surface area contributed by atoms with Crippen molar-refractivity contribution in [1.82, 2.24) is 10.2 Å². The smallest absolute Gasteiger partial charge is 0.326 e. The van der Waals surface area contributed by atoms with E-state index >= 15 is 0 Å². The first kappa shape index (κ1) is 15.0. The van der Waals surface area contributed by atoms with Crippen molar-refractivity contribution in [2.45, 2.75) is 58.0 Å². The fraction of sp³-hybridized carbons (Fsp3) is 0.846. The number of nitrogens with one attached hydrogen (secondary N) is 1. The van der Waals surface area contributed by atoms with Crippen LogP contribution in [0.15, 0.2) is 0 Å². The Morgan fingerprint density at radius 2 is 2.00 bits per heavy atom. The van der Waals surface area contributed by atoms with Gasteiger partial charge in [0, 0.05) is 25.0 Å². The molecule has 1 amide bonds. The lowest BCUT2D eigenvalue weighted by molar-refractivity contribution is -0.152. The van der Waals surface area contributed by atoms with Crippen LogP contribution in [0.1, 0.15) is 46.5 Å². The molecule has 2 N–H and O–H groups in total. The highest BCUT2D eigenvalue weighted by molar-refractivity contribution is 5.83. The first-order chi connectivity index (χ1) is 8.31. The van der Waals surface area contributed by atoms with Crippen molar-refractivity contribution in [1.29, 1.82) is 0 Å². The van der Waals surface area contributed by atoms with Gasteiger partial charge in [-0.15, -0.1) is 0 Å². The Morgan fingerprint density at radius 1 is 1.33 bits per heavy atom. The number of aliphatic carboxylic acids is 1. The molecule has 0 saturated carbocycles. The van der Waals surface area contributed by atoms with Crippen LogP contribution in [0.4, 0.5) is 0 Å². The Labute approximate surface area is 109 Å². The predicted octanol–water partition coefficient (Wildman–Crippen LogP) is 1.23. The summed E-state index contributed by atoms with van der Waals surface area (Å²) in [5, 5.41) is 12.3. The molecular weight excluding hydrogens is 232 g/mol. The van der Waals surface area contributed by atoms with Crippen LogP contribution in [-0.2, 0) is 9.59 Å². The number of rotatable bonds is 4. The van der Waals surface area contributed by atoms with Gasteiger partial charge in [0.15, 0.2) is 0 Å². The maximum absolute atomic E-state index is 12.0. The number of carboxylic acid groups (broad SMARTS) is 1. The van der Waals surface area contributed by atoms with Crippen molar-refractivity contribution in [2.24, 2.45) is 0 Å². The molecule has 0 radical (unpaired) electrons. The van der Waals surface area contributed by atoms with Crippen molar-refractivity contribution >= 4 is 11.9 Å². The average Bonchev–Trinajstić information content (AvgIpc) is 2.27. The van der Waals surface area contributed by atoms with E-state index in [0.717, 1.165) is 12.8 Å². The summed E-state index contributed by atoms with van der Waals surface area (Å²) in [4.78, 5) is 24.6. The molecule has 5 heteroatoms. The van der Waals surface area contributed by atoms with E-state index in [4.69, 9.17) is 5.11 Å². The highest BCUT2D eigenvalue weighted by atomic mass is 16.4. The lowest BCUT2D eigenvalue weighted by Gasteiger charge is -2.33. The molecule has 1 rings (SSSR count). The summed E-state index contributed by atoms with van der Waals surface area (Å²) in [5.41, 5.74) is -0.0195. The Morgan fingerprint density at radius 3 is 2.56 bits per heavy atom. The van der Waals surface area contributed by atoms with E-state index in [0.29, 0.717) is 25.9 Å². The quantitative estimate of drug-likeness (QED) is 0.793. The fourth-order valence-electron chi connectivity index (χ4n) is 2.17. The van der Waals surface area contributed by atoms with Gasteiger partial charge < -0.3 is 15.3 Å². The maximum Gasteiger partial charge on any atom is 0.326 e. The summed E-state index contributed by atoms with van der Waals surface area (Å²) in [6, 6.07) is -0.624. The Balaban J connectivity index is 2.46. The minimum atomic E-state index is -0.883. The Bertz CT molecular complexity index is 310. The molecule has 0 aliphatic carbocycles. The molecule has 1 fully saturated rings. The third-order valence-corrected chi connectivity index (χ3v) is 3.10. The molecule has 1 aliphatic rings. The van der Waals surface area contributed by atoms with Gasteiger partial charge >= 0.3 is 5.97 Å². The van der Waals surface area contributed by atoms with E-state index < -0.39 is 12.0 Å². The fourth-order valence-corrected chi connectivity index (χ4v) is 2.17. The van der Waals surface area contributed by atoms with E-state index in [2.05, 4.69) is 5.32 Å². The Kier molecular flexibility index (Phi) is 5.14. The van der Waals surface area contributed by atoms with Gasteiger partial charge in [0.1, 0.15) is 6.04 Å². The van der Waals surface area contributed by atoms with Gasteiger partial charge in [-0.3, -0.25) is 4.79 Å². The topological polar surface area (TPSA) is 69.6 Å². The normalized spacial score (nSPS) is 20.8. The van der Waals surface area contributed by atoms with E-state index in [1.165, 1.54) is 4.90 Å². The van der Waals surface area contributed by atoms with Crippen molar-refractivity contribution in [3.8, 4) is 0 Å². The molecule has 1 atom stereocenters. The van der Waals surface area contributed by atoms with Gasteiger partial charge in [-0.1, -0.05) is 0 Å². The summed E-state index contributed by atoms with van der Waals surface area (Å²) in [6.07, 6.45) is 2.73. The number of likely N-dealkylation sites (tertiary alicyclic amines) is 1. The van der Waals surface area contributed by atoms with Crippen LogP contribution in [0.3, 0.4) is 0 Å². The molecule has 104 valence electrons. The van der Waals surface area contributed by atoms with E-state index in [1.54, 1.807) is 0 Å². The second-order valence-corrected chi connectivity index (χ2v) is 5.86. The summed E-state index contributed by atoms with van der Waals surface area (Å²) in [7, 11) is 0. The summed E-state index contributed by atoms with van der Waals surface area (Å²) >= 11 is 0. The molecule has 0 spiro atoms. The van der Waals surface area contributed by atoms with Gasteiger partial charge in [0.2, 0.25) is 5.91 Å². The van der Waals surface area contributed by atoms with Gasteiger partial charge in [-0.05, 0) is 40.0 Å². The molecule has 1 aliphatic heterocycles. The number of carboxylic acids is 1. The largest absolute Gasteiger partial charge is 0.480 e. The molecule has 0 aromatic carbocycles. The molecule has 0 aromatic rings. The number of amides is 1. The zero-order chi connectivity index (χ0) is 13.8. The molecule has 18 heavy (non-hydrogen) atoms. The van der Waals surface area contributed by atoms with Crippen molar-refractivity contribution in [3.05, 3.63) is 0 Å². The first-order valence-electron chi connectivity index (χ1n) is 6.58. The summed E-state index contributed by atoms with van der Waals surface area (Å²) in [6.45, 7) is 7.28. The van der Waals surface area contributed by atoms with Gasteiger partial charge in [0.25, 0.3) is 0 Å². The highest BCUT2D eigenvalue weighted by Crippen LogP contribution is 2.18. The van der Waals surface area contributed by atoms with Crippen LogP contribution < -0.4 is 5.32 Å². The van der Waals surface area contributed by atoms with E-state index in [-0.39, 0.29) is 11.4 Å². The Hall–Kier alpha value is -1.10. The van der Waals surface area contributed by atoms with Crippen LogP contribution in [-0.4, -0.2) is 46.6 Å². The molecule has 1 saturated heterocycles. The predicted molar refractivity (Wildman–Crippen MR) is 69.4 cm³/mol. The molecule has 1 heterocycles. The number of carbonyl (C=O) groups is 2. The number of nitrogens with zero attached hydrogens (tertiary/aromatic N) is 1. The lowest BCUT2D eigenvalue weighted by Crippen LogP contribution is -2.49. The standard InChI is InChI=1S/C13H24N2O3/c1-13(2,3)14-8-7-11(16)15-9-5-4-6-10(15)12(17)18/h10,14H,4-9H2,1-3H3,(H,17,18)/t10-/m0/s1. The van der Waals surface area contributed by atoms with E-state index in [1.807, 2.05) is 20.8 Å². The number of hydrogen-bond acceptors (Lipinski definition) is 3. The maximum atomic E-state index is 12.0. The van der Waals surface area contributed by atoms with Crippen LogP contribution in [0.5, 0.6) is 0 Å². The number of piperidine rings is 1. The minimum Gasteiger partial charge on any atom is -0.480 e. The van der Waals surface area contributed by atoms with Crippen molar-refractivity contribution < 1.29 is 14.7 Å². The van der Waals surface area contributed by atoms with Gasteiger partial charge in [-0.2, -0.15) is 0 Å². The van der Waals surface area contributed by atoms with Crippen molar-refractivity contribution in [3.63, 3.8) is 0 Å². The minimum absolute atomic E-state index is 0.0195. The zero-order valence-corrected chi connectivity index (χ0v) is 11.5. The van der Waals surface area contributed by atoms with Crippen LogP contribution in [0.2, 0.25) is 0 Å². The average molecular weight is 256 g/mol. The van der Waals surface area contributed by atoms with E-state index in [9.17, 15) is 9.59 Å². The SMILES string of the molecule is CC(C)(C)NCCC(=O)N1CCCC[C@H]1C(=O)O. The third kappa shape index (κ3) is 4.64. The monoisotopic (exact) mass is 256 g/mol. The highest BCUT2D eigenvalue weighted by Gasteiger charge is 2.31. The second-order valence-electron chi connectivity index (χ2n) is 5.86. The lowest BCUT2D eigenvalue weighted by atomic mass is 10.0. The molecule has 5 nitrogen and oxygen atoms in total. The molecule has 0 bridgehead atoms. The third-order valence-electron chi connectivity index (χ3n) is 3.10. The number of carbonyl (C=O) groups excluding carboxylic acids is 1. The first-order valence-corrected chi connectivity index (χ1v) is 6.58. The molecular formula is C13H24N2O3.